The summed E-state index contributed by atoms with van der Waals surface area (Å²) in [6, 6.07) is 2.78. The summed E-state index contributed by atoms with van der Waals surface area (Å²) < 4.78 is 45.7. The van der Waals surface area contributed by atoms with Crippen molar-refractivity contribution in [3.8, 4) is 0 Å². The van der Waals surface area contributed by atoms with Gasteiger partial charge in [-0.3, -0.25) is 9.69 Å². The summed E-state index contributed by atoms with van der Waals surface area (Å²) in [5.74, 6) is -0.335. The Labute approximate surface area is 153 Å². The lowest BCUT2D eigenvalue weighted by Crippen LogP contribution is -2.41. The van der Waals surface area contributed by atoms with Crippen molar-refractivity contribution >= 4 is 5.91 Å². The molecule has 27 heavy (non-hydrogen) atoms. The quantitative estimate of drug-likeness (QED) is 0.815. The van der Waals surface area contributed by atoms with Gasteiger partial charge in [0, 0.05) is 13.1 Å². The molecular formula is C17H20F3N5O2. The first-order valence-electron chi connectivity index (χ1n) is 8.97. The Morgan fingerprint density at radius 3 is 2.63 bits per heavy atom. The SMILES string of the molecule is CC1c2nnc(C(F)(F)F)n2CCN1C(=O)c1ccc(CN2CCCC2)o1. The number of nitrogens with zero attached hydrogens (tertiary/aromatic N) is 5. The fourth-order valence-electron chi connectivity index (χ4n) is 3.75. The Bertz CT molecular complexity index is 838. The number of rotatable bonds is 3. The van der Waals surface area contributed by atoms with E-state index >= 15 is 0 Å². The number of carbonyl (C=O) groups is 1. The van der Waals surface area contributed by atoms with E-state index in [1.807, 2.05) is 0 Å². The highest BCUT2D eigenvalue weighted by Gasteiger charge is 2.42. The van der Waals surface area contributed by atoms with E-state index in [9.17, 15) is 18.0 Å². The summed E-state index contributed by atoms with van der Waals surface area (Å²) in [5.41, 5.74) is 0. The summed E-state index contributed by atoms with van der Waals surface area (Å²) in [4.78, 5) is 16.5. The number of aromatic nitrogens is 3. The maximum atomic E-state index is 13.0. The molecule has 146 valence electrons. The van der Waals surface area contributed by atoms with Crippen LogP contribution in [0.15, 0.2) is 16.5 Å². The van der Waals surface area contributed by atoms with Crippen LogP contribution in [0.25, 0.3) is 0 Å². The average molecular weight is 383 g/mol. The molecule has 2 aromatic heterocycles. The van der Waals surface area contributed by atoms with Gasteiger partial charge in [0.05, 0.1) is 12.6 Å². The second-order valence-electron chi connectivity index (χ2n) is 6.95. The molecule has 1 unspecified atom stereocenters. The topological polar surface area (TPSA) is 67.4 Å². The Kier molecular flexibility index (Phi) is 4.45. The molecule has 1 saturated heterocycles. The molecule has 4 rings (SSSR count). The van der Waals surface area contributed by atoms with Gasteiger partial charge in [-0.2, -0.15) is 13.2 Å². The zero-order chi connectivity index (χ0) is 19.2. The molecule has 4 heterocycles. The van der Waals surface area contributed by atoms with Crippen molar-refractivity contribution in [2.24, 2.45) is 0 Å². The van der Waals surface area contributed by atoms with Gasteiger partial charge in [0.2, 0.25) is 5.82 Å². The molecule has 1 atom stereocenters. The van der Waals surface area contributed by atoms with E-state index in [-0.39, 0.29) is 30.6 Å². The number of amides is 1. The van der Waals surface area contributed by atoms with Crippen LogP contribution in [0.2, 0.25) is 0 Å². The Morgan fingerprint density at radius 1 is 1.19 bits per heavy atom. The van der Waals surface area contributed by atoms with Crippen LogP contribution < -0.4 is 0 Å². The van der Waals surface area contributed by atoms with Gasteiger partial charge in [0.1, 0.15) is 5.76 Å². The fraction of sp³-hybridized carbons (Fsp3) is 0.588. The van der Waals surface area contributed by atoms with Crippen LogP contribution in [-0.2, 0) is 19.3 Å². The number of carbonyl (C=O) groups excluding carboxylic acids is 1. The summed E-state index contributed by atoms with van der Waals surface area (Å²) in [6.45, 7) is 4.47. The smallest absolute Gasteiger partial charge is 0.451 e. The Balaban J connectivity index is 1.50. The molecule has 2 aliphatic rings. The molecule has 0 spiro atoms. The third-order valence-corrected chi connectivity index (χ3v) is 5.15. The Morgan fingerprint density at radius 2 is 1.93 bits per heavy atom. The van der Waals surface area contributed by atoms with Crippen molar-refractivity contribution in [1.82, 2.24) is 24.6 Å². The number of hydrogen-bond donors (Lipinski definition) is 0. The summed E-state index contributed by atoms with van der Waals surface area (Å²) in [5, 5.41) is 6.93. The predicted molar refractivity (Wildman–Crippen MR) is 87.7 cm³/mol. The normalized spacial score (nSPS) is 20.9. The van der Waals surface area contributed by atoms with Gasteiger partial charge in [0.15, 0.2) is 11.6 Å². The number of alkyl halides is 3. The van der Waals surface area contributed by atoms with E-state index in [1.165, 1.54) is 17.7 Å². The fourth-order valence-corrected chi connectivity index (χ4v) is 3.75. The zero-order valence-corrected chi connectivity index (χ0v) is 14.9. The molecule has 2 aliphatic heterocycles. The van der Waals surface area contributed by atoms with Gasteiger partial charge in [0.25, 0.3) is 5.91 Å². The van der Waals surface area contributed by atoms with E-state index in [0.29, 0.717) is 12.3 Å². The summed E-state index contributed by atoms with van der Waals surface area (Å²) >= 11 is 0. The van der Waals surface area contributed by atoms with E-state index in [1.54, 1.807) is 19.1 Å². The first-order valence-corrected chi connectivity index (χ1v) is 8.97. The lowest BCUT2D eigenvalue weighted by Gasteiger charge is -2.33. The predicted octanol–water partition coefficient (Wildman–Crippen LogP) is 2.70. The van der Waals surface area contributed by atoms with Crippen molar-refractivity contribution in [3.05, 3.63) is 35.3 Å². The molecule has 7 nitrogen and oxygen atoms in total. The maximum Gasteiger partial charge on any atom is 0.451 e. The van der Waals surface area contributed by atoms with Crippen molar-refractivity contribution in [2.75, 3.05) is 19.6 Å². The number of halogens is 3. The van der Waals surface area contributed by atoms with Crippen LogP contribution in [-0.4, -0.2) is 50.1 Å². The number of likely N-dealkylation sites (tertiary alicyclic amines) is 1. The van der Waals surface area contributed by atoms with E-state index in [2.05, 4.69) is 15.1 Å². The second kappa shape index (κ2) is 6.66. The lowest BCUT2D eigenvalue weighted by atomic mass is 10.2. The van der Waals surface area contributed by atoms with E-state index < -0.39 is 18.0 Å². The molecule has 0 radical (unpaired) electrons. The van der Waals surface area contributed by atoms with Crippen molar-refractivity contribution in [3.63, 3.8) is 0 Å². The molecule has 0 N–H and O–H groups in total. The maximum absolute atomic E-state index is 13.0. The minimum absolute atomic E-state index is 0.00536. The molecule has 1 amide bonds. The molecule has 2 aromatic rings. The van der Waals surface area contributed by atoms with Crippen LogP contribution in [0.1, 0.15) is 53.8 Å². The zero-order valence-electron chi connectivity index (χ0n) is 14.9. The molecule has 1 fully saturated rings. The monoisotopic (exact) mass is 383 g/mol. The highest BCUT2D eigenvalue weighted by Crippen LogP contribution is 2.33. The number of furan rings is 1. The van der Waals surface area contributed by atoms with Gasteiger partial charge in [-0.05, 0) is 45.0 Å². The van der Waals surface area contributed by atoms with Crippen LogP contribution in [0, 0.1) is 0 Å². The van der Waals surface area contributed by atoms with Gasteiger partial charge in [-0.1, -0.05) is 0 Å². The molecule has 0 saturated carbocycles. The van der Waals surface area contributed by atoms with Crippen molar-refractivity contribution in [1.29, 1.82) is 0 Å². The van der Waals surface area contributed by atoms with Gasteiger partial charge < -0.3 is 13.9 Å². The molecule has 10 heteroatoms. The average Bonchev–Trinajstić information content (AvgIpc) is 3.34. The largest absolute Gasteiger partial charge is 0.455 e. The first kappa shape index (κ1) is 18.0. The minimum Gasteiger partial charge on any atom is -0.455 e. The highest BCUT2D eigenvalue weighted by atomic mass is 19.4. The highest BCUT2D eigenvalue weighted by molar-refractivity contribution is 5.91. The third-order valence-electron chi connectivity index (χ3n) is 5.15. The van der Waals surface area contributed by atoms with Crippen LogP contribution in [0.3, 0.4) is 0 Å². The molecule has 0 aromatic carbocycles. The van der Waals surface area contributed by atoms with Crippen molar-refractivity contribution in [2.45, 2.75) is 45.1 Å². The molecular weight excluding hydrogens is 363 g/mol. The second-order valence-corrected chi connectivity index (χ2v) is 6.95. The van der Waals surface area contributed by atoms with Gasteiger partial charge in [-0.25, -0.2) is 0 Å². The van der Waals surface area contributed by atoms with E-state index in [4.69, 9.17) is 4.42 Å². The summed E-state index contributed by atoms with van der Waals surface area (Å²) in [6.07, 6.45) is -2.24. The summed E-state index contributed by atoms with van der Waals surface area (Å²) in [7, 11) is 0. The lowest BCUT2D eigenvalue weighted by molar-refractivity contribution is -0.148. The van der Waals surface area contributed by atoms with Crippen LogP contribution in [0.5, 0.6) is 0 Å². The van der Waals surface area contributed by atoms with E-state index in [0.717, 1.165) is 17.7 Å². The molecule has 0 aliphatic carbocycles. The number of fused-ring (bicyclic) bond motifs is 1. The van der Waals surface area contributed by atoms with Crippen molar-refractivity contribution < 1.29 is 22.4 Å². The van der Waals surface area contributed by atoms with Crippen LogP contribution in [0.4, 0.5) is 13.2 Å². The van der Waals surface area contributed by atoms with Gasteiger partial charge in [-0.15, -0.1) is 10.2 Å². The minimum atomic E-state index is -4.57. The van der Waals surface area contributed by atoms with Crippen LogP contribution >= 0.6 is 0 Å². The standard InChI is InChI=1S/C17H20F3N5O2/c1-11-14-21-22-16(17(18,19)20)25(14)9-8-24(11)15(26)13-5-4-12(27-13)10-23-6-2-3-7-23/h4-5,11H,2-3,6-10H2,1H3. The third kappa shape index (κ3) is 3.33. The molecule has 0 bridgehead atoms. The van der Waals surface area contributed by atoms with Gasteiger partial charge >= 0.3 is 6.18 Å². The number of hydrogen-bond acceptors (Lipinski definition) is 5. The Hall–Kier alpha value is -2.36. The first-order chi connectivity index (χ1) is 12.8.